The standard InChI is InChI=1S/C15H25BrNO5PS/c1-7-22-23(18,21-6)15(5,12-8-10-13(16)11-9-12)17-24(19,20)14(2,3)4/h8-11,17H,7H2,1-6H3/t15-,23+/m1/s1. The summed E-state index contributed by atoms with van der Waals surface area (Å²) < 4.78 is 51.6. The Morgan fingerprint density at radius 2 is 1.67 bits per heavy atom. The molecule has 6 nitrogen and oxygen atoms in total. The van der Waals surface area contributed by atoms with Gasteiger partial charge in [0, 0.05) is 11.6 Å². The van der Waals surface area contributed by atoms with Crippen LogP contribution in [0.3, 0.4) is 0 Å². The van der Waals surface area contributed by atoms with Gasteiger partial charge in [-0.1, -0.05) is 28.1 Å². The van der Waals surface area contributed by atoms with Gasteiger partial charge in [0.15, 0.2) is 5.28 Å². The molecule has 0 heterocycles. The predicted octanol–water partition coefficient (Wildman–Crippen LogP) is 4.22. The van der Waals surface area contributed by atoms with Crippen LogP contribution >= 0.6 is 23.5 Å². The molecule has 0 aliphatic rings. The van der Waals surface area contributed by atoms with Crippen LogP contribution in [-0.2, 0) is 28.9 Å². The van der Waals surface area contributed by atoms with E-state index in [0.29, 0.717) is 5.56 Å². The monoisotopic (exact) mass is 441 g/mol. The van der Waals surface area contributed by atoms with Crippen LogP contribution in [0.5, 0.6) is 0 Å². The third-order valence-corrected chi connectivity index (χ3v) is 9.15. The zero-order chi connectivity index (χ0) is 18.8. The van der Waals surface area contributed by atoms with Crippen LogP contribution in [0.4, 0.5) is 0 Å². The molecular weight excluding hydrogens is 417 g/mol. The summed E-state index contributed by atoms with van der Waals surface area (Å²) in [6, 6.07) is 6.84. The molecule has 0 aliphatic heterocycles. The number of sulfonamides is 1. The first kappa shape index (κ1) is 21.8. The first-order chi connectivity index (χ1) is 10.8. The van der Waals surface area contributed by atoms with Gasteiger partial charge in [0.2, 0.25) is 10.0 Å². The van der Waals surface area contributed by atoms with Crippen molar-refractivity contribution < 1.29 is 22.0 Å². The van der Waals surface area contributed by atoms with E-state index in [1.54, 1.807) is 52.0 Å². The van der Waals surface area contributed by atoms with Crippen LogP contribution in [0.2, 0.25) is 0 Å². The number of hydrogen-bond donors (Lipinski definition) is 1. The lowest BCUT2D eigenvalue weighted by atomic mass is 10.1. The number of halogens is 1. The highest BCUT2D eigenvalue weighted by atomic mass is 79.9. The van der Waals surface area contributed by atoms with E-state index >= 15 is 0 Å². The molecule has 1 aromatic carbocycles. The van der Waals surface area contributed by atoms with Crippen LogP contribution in [0.25, 0.3) is 0 Å². The number of rotatable bonds is 7. The maximum absolute atomic E-state index is 13.3. The third kappa shape index (κ3) is 4.29. The summed E-state index contributed by atoms with van der Waals surface area (Å²) in [5.41, 5.74) is 0.483. The number of hydrogen-bond acceptors (Lipinski definition) is 5. The lowest BCUT2D eigenvalue weighted by Gasteiger charge is -2.38. The average Bonchev–Trinajstić information content (AvgIpc) is 2.46. The fourth-order valence-corrected chi connectivity index (χ4v) is 5.55. The van der Waals surface area contributed by atoms with Gasteiger partial charge in [-0.15, -0.1) is 0 Å². The highest BCUT2D eigenvalue weighted by Crippen LogP contribution is 2.63. The van der Waals surface area contributed by atoms with Crippen LogP contribution in [0, 0.1) is 0 Å². The second kappa shape index (κ2) is 7.56. The van der Waals surface area contributed by atoms with Crippen molar-refractivity contribution in [1.82, 2.24) is 4.72 Å². The van der Waals surface area contributed by atoms with Gasteiger partial charge in [0.25, 0.3) is 0 Å². The summed E-state index contributed by atoms with van der Waals surface area (Å²) >= 11 is 3.33. The first-order valence-electron chi connectivity index (χ1n) is 7.43. The Morgan fingerprint density at radius 1 is 1.17 bits per heavy atom. The third-order valence-electron chi connectivity index (χ3n) is 3.63. The van der Waals surface area contributed by atoms with Crippen LogP contribution in [0.15, 0.2) is 28.7 Å². The number of benzene rings is 1. The van der Waals surface area contributed by atoms with Crippen molar-refractivity contribution in [2.45, 2.75) is 44.6 Å². The van der Waals surface area contributed by atoms with Gasteiger partial charge in [-0.05, 0) is 52.3 Å². The Balaban J connectivity index is 3.58. The first-order valence-corrected chi connectivity index (χ1v) is 11.2. The van der Waals surface area contributed by atoms with E-state index in [0.717, 1.165) is 4.47 Å². The van der Waals surface area contributed by atoms with E-state index in [9.17, 15) is 13.0 Å². The van der Waals surface area contributed by atoms with Crippen molar-refractivity contribution in [3.8, 4) is 0 Å². The van der Waals surface area contributed by atoms with Crippen molar-refractivity contribution in [2.75, 3.05) is 13.7 Å². The Hall–Kier alpha value is -0.240. The molecule has 1 N–H and O–H groups in total. The van der Waals surface area contributed by atoms with Crippen molar-refractivity contribution in [3.63, 3.8) is 0 Å². The molecule has 0 spiro atoms. The molecule has 0 bridgehead atoms. The molecule has 0 unspecified atom stereocenters. The minimum absolute atomic E-state index is 0.120. The highest BCUT2D eigenvalue weighted by Gasteiger charge is 2.52. The quantitative estimate of drug-likeness (QED) is 0.640. The van der Waals surface area contributed by atoms with E-state index in [2.05, 4.69) is 20.7 Å². The van der Waals surface area contributed by atoms with E-state index in [1.165, 1.54) is 14.0 Å². The minimum atomic E-state index is -3.83. The topological polar surface area (TPSA) is 81.7 Å². The van der Waals surface area contributed by atoms with E-state index in [1.807, 2.05) is 0 Å². The summed E-state index contributed by atoms with van der Waals surface area (Å²) in [6.07, 6.45) is 0. The van der Waals surface area contributed by atoms with Gasteiger partial charge in [0.05, 0.1) is 11.4 Å². The predicted molar refractivity (Wildman–Crippen MR) is 99.5 cm³/mol. The van der Waals surface area contributed by atoms with E-state index in [-0.39, 0.29) is 6.61 Å². The normalized spacial score (nSPS) is 18.0. The SMILES string of the molecule is CCO[P@@](=O)(OC)[C@@](C)(NS(=O)(=O)C(C)(C)C)c1ccc(Br)cc1. The molecule has 2 atom stereocenters. The highest BCUT2D eigenvalue weighted by molar-refractivity contribution is 9.10. The molecular formula is C15H25BrNO5PS. The Labute approximate surface area is 153 Å². The lowest BCUT2D eigenvalue weighted by molar-refractivity contribution is 0.216. The zero-order valence-electron chi connectivity index (χ0n) is 14.8. The molecule has 9 heteroatoms. The molecule has 0 saturated carbocycles. The van der Waals surface area contributed by atoms with Crippen LogP contribution < -0.4 is 4.72 Å². The largest absolute Gasteiger partial charge is 0.355 e. The van der Waals surface area contributed by atoms with Gasteiger partial charge in [-0.2, -0.15) is 4.72 Å². The smallest absolute Gasteiger partial charge is 0.310 e. The molecule has 24 heavy (non-hydrogen) atoms. The van der Waals surface area contributed by atoms with Gasteiger partial charge in [0.1, 0.15) is 0 Å². The molecule has 0 amide bonds. The van der Waals surface area contributed by atoms with E-state index < -0.39 is 27.6 Å². The summed E-state index contributed by atoms with van der Waals surface area (Å²) in [5, 5.41) is -1.56. The second-order valence-electron chi connectivity index (χ2n) is 6.39. The molecule has 0 aromatic heterocycles. The summed E-state index contributed by atoms with van der Waals surface area (Å²) in [5.74, 6) is 0. The Bertz CT molecular complexity index is 714. The van der Waals surface area contributed by atoms with Gasteiger partial charge in [-0.25, -0.2) is 8.42 Å². The number of nitrogens with one attached hydrogen (secondary N) is 1. The van der Waals surface area contributed by atoms with E-state index in [4.69, 9.17) is 9.05 Å². The van der Waals surface area contributed by atoms with Crippen LogP contribution in [0.1, 0.15) is 40.2 Å². The molecule has 0 radical (unpaired) electrons. The van der Waals surface area contributed by atoms with Crippen molar-refractivity contribution in [3.05, 3.63) is 34.3 Å². The van der Waals surface area contributed by atoms with Crippen molar-refractivity contribution in [2.24, 2.45) is 0 Å². The zero-order valence-corrected chi connectivity index (χ0v) is 18.1. The second-order valence-corrected chi connectivity index (χ2v) is 12.3. The average molecular weight is 442 g/mol. The lowest BCUT2D eigenvalue weighted by Crippen LogP contribution is -2.50. The van der Waals surface area contributed by atoms with Gasteiger partial charge in [-0.3, -0.25) is 4.57 Å². The molecule has 1 rings (SSSR count). The van der Waals surface area contributed by atoms with Crippen molar-refractivity contribution >= 4 is 33.5 Å². The van der Waals surface area contributed by atoms with Crippen molar-refractivity contribution in [1.29, 1.82) is 0 Å². The maximum atomic E-state index is 13.3. The maximum Gasteiger partial charge on any atom is 0.355 e. The van der Waals surface area contributed by atoms with Gasteiger partial charge >= 0.3 is 7.60 Å². The van der Waals surface area contributed by atoms with Crippen LogP contribution in [-0.4, -0.2) is 26.9 Å². The summed E-state index contributed by atoms with van der Waals surface area (Å²) in [6.45, 7) is 8.00. The fraction of sp³-hybridized carbons (Fsp3) is 0.600. The Morgan fingerprint density at radius 3 is 2.04 bits per heavy atom. The molecule has 0 fully saturated rings. The summed E-state index contributed by atoms with van der Waals surface area (Å²) in [4.78, 5) is 0. The molecule has 1 aromatic rings. The fourth-order valence-electron chi connectivity index (χ4n) is 2.00. The molecule has 0 saturated heterocycles. The molecule has 138 valence electrons. The Kier molecular flexibility index (Phi) is 6.87. The summed E-state index contributed by atoms with van der Waals surface area (Å²) in [7, 11) is -6.40. The minimum Gasteiger partial charge on any atom is -0.310 e. The molecule has 0 aliphatic carbocycles. The van der Waals surface area contributed by atoms with Gasteiger partial charge < -0.3 is 9.05 Å².